The fraction of sp³-hybridized carbons (Fsp3) is 0.0667. The molecule has 0 saturated carbocycles. The van der Waals surface area contributed by atoms with Gasteiger partial charge in [-0.3, -0.25) is 0 Å². The molecular formula is C15H14ClN. The Labute approximate surface area is 107 Å². The Balaban J connectivity index is 2.22. The average molecular weight is 244 g/mol. The number of rotatable bonds is 3. The van der Waals surface area contributed by atoms with E-state index in [1.165, 1.54) is 0 Å². The summed E-state index contributed by atoms with van der Waals surface area (Å²) < 4.78 is 0. The number of nitrogens with one attached hydrogen (secondary N) is 1. The van der Waals surface area contributed by atoms with E-state index >= 15 is 0 Å². The molecule has 17 heavy (non-hydrogen) atoms. The zero-order valence-corrected chi connectivity index (χ0v) is 10.4. The van der Waals surface area contributed by atoms with Gasteiger partial charge in [-0.15, -0.1) is 0 Å². The van der Waals surface area contributed by atoms with Crippen LogP contribution in [0.2, 0.25) is 0 Å². The summed E-state index contributed by atoms with van der Waals surface area (Å²) >= 11 is 6.32. The van der Waals surface area contributed by atoms with Crippen LogP contribution in [-0.2, 0) is 0 Å². The predicted octanol–water partition coefficient (Wildman–Crippen LogP) is 4.73. The molecule has 0 saturated heterocycles. The van der Waals surface area contributed by atoms with Crippen LogP contribution in [-0.4, -0.2) is 0 Å². The Morgan fingerprint density at radius 1 is 0.882 bits per heavy atom. The Bertz CT molecular complexity index is 503. The van der Waals surface area contributed by atoms with Crippen molar-refractivity contribution in [1.29, 1.82) is 0 Å². The van der Waals surface area contributed by atoms with Gasteiger partial charge >= 0.3 is 0 Å². The second-order valence-electron chi connectivity index (χ2n) is 3.80. The van der Waals surface area contributed by atoms with Crippen molar-refractivity contribution in [2.24, 2.45) is 0 Å². The van der Waals surface area contributed by atoms with E-state index in [4.69, 9.17) is 11.6 Å². The molecule has 86 valence electrons. The highest BCUT2D eigenvalue weighted by molar-refractivity contribution is 6.49. The number of hydrogen-bond acceptors (Lipinski definition) is 1. The molecule has 0 spiro atoms. The summed E-state index contributed by atoms with van der Waals surface area (Å²) in [4.78, 5) is 0. The summed E-state index contributed by atoms with van der Waals surface area (Å²) in [5.74, 6) is 0. The van der Waals surface area contributed by atoms with Crippen molar-refractivity contribution in [1.82, 2.24) is 0 Å². The Morgan fingerprint density at radius 2 is 1.41 bits per heavy atom. The largest absolute Gasteiger partial charge is 0.358 e. The summed E-state index contributed by atoms with van der Waals surface area (Å²) in [6.07, 6.45) is 0. The normalized spacial score (nSPS) is 11.9. The first-order valence-corrected chi connectivity index (χ1v) is 5.89. The molecule has 1 N–H and O–H groups in total. The van der Waals surface area contributed by atoms with Gasteiger partial charge in [-0.25, -0.2) is 0 Å². The first-order valence-electron chi connectivity index (χ1n) is 5.51. The summed E-state index contributed by atoms with van der Waals surface area (Å²) in [6.45, 7) is 1.97. The lowest BCUT2D eigenvalue weighted by Gasteiger charge is -2.09. The molecule has 2 aromatic rings. The molecule has 2 aromatic carbocycles. The van der Waals surface area contributed by atoms with E-state index in [1.54, 1.807) is 0 Å². The van der Waals surface area contributed by atoms with E-state index in [9.17, 15) is 0 Å². The molecule has 0 aromatic heterocycles. The number of anilines is 1. The lowest BCUT2D eigenvalue weighted by molar-refractivity contribution is 1.39. The molecule has 2 rings (SSSR count). The minimum absolute atomic E-state index is 0.745. The minimum Gasteiger partial charge on any atom is -0.358 e. The molecular weight excluding hydrogens is 230 g/mol. The molecule has 0 aliphatic rings. The Morgan fingerprint density at radius 3 is 2.00 bits per heavy atom. The Kier molecular flexibility index (Phi) is 3.84. The molecule has 0 bridgehead atoms. The highest BCUT2D eigenvalue weighted by atomic mass is 35.5. The second-order valence-corrected chi connectivity index (χ2v) is 4.17. The molecule has 0 unspecified atom stereocenters. The van der Waals surface area contributed by atoms with Gasteiger partial charge in [0.1, 0.15) is 0 Å². The van der Waals surface area contributed by atoms with Gasteiger partial charge in [0, 0.05) is 11.4 Å². The maximum atomic E-state index is 6.32. The Hall–Kier alpha value is -1.73. The van der Waals surface area contributed by atoms with Crippen molar-refractivity contribution >= 4 is 22.3 Å². The van der Waals surface area contributed by atoms with Crippen LogP contribution in [0.1, 0.15) is 12.5 Å². The second kappa shape index (κ2) is 5.55. The maximum Gasteiger partial charge on any atom is 0.0668 e. The van der Waals surface area contributed by atoms with Gasteiger partial charge in [0.25, 0.3) is 0 Å². The van der Waals surface area contributed by atoms with Gasteiger partial charge in [-0.05, 0) is 24.6 Å². The summed E-state index contributed by atoms with van der Waals surface area (Å²) in [5, 5.41) is 4.03. The molecule has 0 aliphatic carbocycles. The van der Waals surface area contributed by atoms with Crippen molar-refractivity contribution in [3.05, 3.63) is 71.9 Å². The van der Waals surface area contributed by atoms with Crippen molar-refractivity contribution in [2.45, 2.75) is 6.92 Å². The predicted molar refractivity (Wildman–Crippen MR) is 75.0 cm³/mol. The van der Waals surface area contributed by atoms with Gasteiger partial charge in [0.05, 0.1) is 5.03 Å². The van der Waals surface area contributed by atoms with Gasteiger partial charge in [0.15, 0.2) is 0 Å². The molecule has 0 aliphatic heterocycles. The van der Waals surface area contributed by atoms with Crippen LogP contribution in [0.25, 0.3) is 5.03 Å². The van der Waals surface area contributed by atoms with E-state index in [1.807, 2.05) is 67.6 Å². The standard InChI is InChI=1S/C15H14ClN/c1-12(17-14-10-6-3-7-11-14)15(16)13-8-4-2-5-9-13/h2-11,17H,1H3. The van der Waals surface area contributed by atoms with E-state index < -0.39 is 0 Å². The smallest absolute Gasteiger partial charge is 0.0668 e. The highest BCUT2D eigenvalue weighted by Gasteiger charge is 2.02. The van der Waals surface area contributed by atoms with Crippen LogP contribution in [0.5, 0.6) is 0 Å². The number of allylic oxidation sites excluding steroid dienone is 1. The fourth-order valence-corrected chi connectivity index (χ4v) is 1.77. The van der Waals surface area contributed by atoms with Crippen LogP contribution >= 0.6 is 11.6 Å². The van der Waals surface area contributed by atoms with Crippen LogP contribution in [0, 0.1) is 0 Å². The molecule has 0 heterocycles. The average Bonchev–Trinajstić information content (AvgIpc) is 2.40. The third kappa shape index (κ3) is 3.11. The molecule has 1 nitrogen and oxygen atoms in total. The van der Waals surface area contributed by atoms with Gasteiger partial charge < -0.3 is 5.32 Å². The lowest BCUT2D eigenvalue weighted by Crippen LogP contribution is -1.97. The van der Waals surface area contributed by atoms with Gasteiger partial charge in [-0.2, -0.15) is 0 Å². The van der Waals surface area contributed by atoms with Crippen LogP contribution < -0.4 is 5.32 Å². The zero-order valence-electron chi connectivity index (χ0n) is 9.65. The minimum atomic E-state index is 0.745. The number of halogens is 1. The third-order valence-electron chi connectivity index (χ3n) is 2.46. The quantitative estimate of drug-likeness (QED) is 0.822. The first-order chi connectivity index (χ1) is 8.27. The topological polar surface area (TPSA) is 12.0 Å². The van der Waals surface area contributed by atoms with E-state index in [-0.39, 0.29) is 0 Å². The maximum absolute atomic E-state index is 6.32. The zero-order chi connectivity index (χ0) is 12.1. The lowest BCUT2D eigenvalue weighted by atomic mass is 10.2. The van der Waals surface area contributed by atoms with Crippen molar-refractivity contribution in [3.63, 3.8) is 0 Å². The van der Waals surface area contributed by atoms with Gasteiger partial charge in [0.2, 0.25) is 0 Å². The van der Waals surface area contributed by atoms with Gasteiger partial charge in [-0.1, -0.05) is 60.1 Å². The summed E-state index contributed by atoms with van der Waals surface area (Å²) in [7, 11) is 0. The highest BCUT2D eigenvalue weighted by Crippen LogP contribution is 2.23. The van der Waals surface area contributed by atoms with Crippen LogP contribution in [0.4, 0.5) is 5.69 Å². The fourth-order valence-electron chi connectivity index (χ4n) is 1.59. The molecule has 0 radical (unpaired) electrons. The van der Waals surface area contributed by atoms with Crippen molar-refractivity contribution in [2.75, 3.05) is 5.32 Å². The van der Waals surface area contributed by atoms with E-state index in [0.717, 1.165) is 22.0 Å². The number of hydrogen-bond donors (Lipinski definition) is 1. The molecule has 0 atom stereocenters. The summed E-state index contributed by atoms with van der Waals surface area (Å²) in [5.41, 5.74) is 3.01. The number of para-hydroxylation sites is 1. The molecule has 0 amide bonds. The van der Waals surface area contributed by atoms with E-state index in [2.05, 4.69) is 5.32 Å². The van der Waals surface area contributed by atoms with Crippen molar-refractivity contribution in [3.8, 4) is 0 Å². The van der Waals surface area contributed by atoms with Crippen LogP contribution in [0.15, 0.2) is 66.4 Å². The SMILES string of the molecule is CC(Nc1ccccc1)=C(Cl)c1ccccc1. The van der Waals surface area contributed by atoms with E-state index in [0.29, 0.717) is 0 Å². The summed E-state index contributed by atoms with van der Waals surface area (Å²) in [6, 6.07) is 19.9. The first kappa shape index (κ1) is 11.7. The third-order valence-corrected chi connectivity index (χ3v) is 2.96. The number of benzene rings is 2. The molecule has 2 heteroatoms. The van der Waals surface area contributed by atoms with Crippen molar-refractivity contribution < 1.29 is 0 Å². The van der Waals surface area contributed by atoms with Crippen LogP contribution in [0.3, 0.4) is 0 Å². The molecule has 0 fully saturated rings. The monoisotopic (exact) mass is 243 g/mol.